The number of carbonyl (C=O) groups excluding carboxylic acids is 1. The van der Waals surface area contributed by atoms with Crippen molar-refractivity contribution in [3.05, 3.63) is 46.5 Å². The van der Waals surface area contributed by atoms with Crippen molar-refractivity contribution in [3.8, 4) is 0 Å². The van der Waals surface area contributed by atoms with Crippen molar-refractivity contribution in [2.24, 2.45) is 0 Å². The van der Waals surface area contributed by atoms with E-state index in [-0.39, 0.29) is 5.78 Å². The molecule has 1 heterocycles. The van der Waals surface area contributed by atoms with Crippen LogP contribution >= 0.6 is 15.9 Å². The molecule has 1 aliphatic heterocycles. The minimum absolute atomic E-state index is 0.0758. The fraction of sp³-hybridized carbons (Fsp3) is 0.308. The monoisotopic (exact) mass is 296 g/mol. The molecule has 2 atom stereocenters. The van der Waals surface area contributed by atoms with E-state index in [1.807, 2.05) is 24.3 Å². The molecule has 0 amide bonds. The van der Waals surface area contributed by atoms with Gasteiger partial charge in [-0.1, -0.05) is 28.1 Å². The van der Waals surface area contributed by atoms with E-state index in [4.69, 9.17) is 9.47 Å². The van der Waals surface area contributed by atoms with E-state index in [0.29, 0.717) is 0 Å². The van der Waals surface area contributed by atoms with Crippen LogP contribution in [0.4, 0.5) is 0 Å². The SMILES string of the molecule is CO[C@@H]1C=CC(=O)[C@](C)(c2ccc(Br)cc2)O1. The van der Waals surface area contributed by atoms with Crippen molar-refractivity contribution >= 4 is 21.7 Å². The highest BCUT2D eigenvalue weighted by molar-refractivity contribution is 9.10. The average molecular weight is 297 g/mol. The van der Waals surface area contributed by atoms with Gasteiger partial charge in [0.25, 0.3) is 0 Å². The molecule has 0 aliphatic carbocycles. The molecule has 1 aromatic carbocycles. The lowest BCUT2D eigenvalue weighted by molar-refractivity contribution is -0.185. The molecule has 0 unspecified atom stereocenters. The molecule has 0 saturated carbocycles. The van der Waals surface area contributed by atoms with Gasteiger partial charge in [0.1, 0.15) is 0 Å². The molecule has 0 aromatic heterocycles. The maximum atomic E-state index is 12.0. The molecule has 90 valence electrons. The summed E-state index contributed by atoms with van der Waals surface area (Å²) in [5, 5.41) is 0. The van der Waals surface area contributed by atoms with Crippen LogP contribution in [-0.2, 0) is 19.9 Å². The number of halogens is 1. The summed E-state index contributed by atoms with van der Waals surface area (Å²) in [5.41, 5.74) is -0.159. The summed E-state index contributed by atoms with van der Waals surface area (Å²) in [6.45, 7) is 1.76. The van der Waals surface area contributed by atoms with Gasteiger partial charge < -0.3 is 9.47 Å². The Balaban J connectivity index is 2.38. The number of methoxy groups -OCH3 is 1. The first-order chi connectivity index (χ1) is 8.06. The third kappa shape index (κ3) is 2.34. The predicted octanol–water partition coefficient (Wildman–Crippen LogP) is 2.79. The van der Waals surface area contributed by atoms with Crippen molar-refractivity contribution < 1.29 is 14.3 Å². The molecule has 1 aromatic rings. The first-order valence-corrected chi connectivity index (χ1v) is 6.05. The molecule has 3 nitrogen and oxygen atoms in total. The number of rotatable bonds is 2. The second-order valence-electron chi connectivity index (χ2n) is 3.99. The van der Waals surface area contributed by atoms with Gasteiger partial charge in [0.05, 0.1) is 0 Å². The van der Waals surface area contributed by atoms with Crippen LogP contribution in [-0.4, -0.2) is 19.2 Å². The summed E-state index contributed by atoms with van der Waals surface area (Å²) in [7, 11) is 1.55. The molecule has 17 heavy (non-hydrogen) atoms. The number of ketones is 1. The average Bonchev–Trinajstić information content (AvgIpc) is 2.33. The molecule has 0 bridgehead atoms. The normalized spacial score (nSPS) is 28.4. The smallest absolute Gasteiger partial charge is 0.191 e. The summed E-state index contributed by atoms with van der Waals surface area (Å²) in [5.74, 6) is -0.0758. The topological polar surface area (TPSA) is 35.5 Å². The van der Waals surface area contributed by atoms with E-state index >= 15 is 0 Å². The Kier molecular flexibility index (Phi) is 3.47. The van der Waals surface area contributed by atoms with Crippen LogP contribution in [0.5, 0.6) is 0 Å². The molecule has 4 heteroatoms. The lowest BCUT2D eigenvalue weighted by Gasteiger charge is -2.33. The van der Waals surface area contributed by atoms with Crippen molar-refractivity contribution in [3.63, 3.8) is 0 Å². The van der Waals surface area contributed by atoms with Gasteiger partial charge in [-0.25, -0.2) is 0 Å². The largest absolute Gasteiger partial charge is 0.352 e. The fourth-order valence-electron chi connectivity index (χ4n) is 1.76. The number of hydrogen-bond donors (Lipinski definition) is 0. The van der Waals surface area contributed by atoms with E-state index < -0.39 is 11.9 Å². The molecular formula is C13H13BrO3. The number of carbonyl (C=O) groups is 1. The Morgan fingerprint density at radius 1 is 1.35 bits per heavy atom. The van der Waals surface area contributed by atoms with E-state index in [0.717, 1.165) is 10.0 Å². The summed E-state index contributed by atoms with van der Waals surface area (Å²) in [4.78, 5) is 12.0. The zero-order valence-corrected chi connectivity index (χ0v) is 11.2. The molecule has 0 N–H and O–H groups in total. The summed E-state index contributed by atoms with van der Waals surface area (Å²) >= 11 is 3.36. The van der Waals surface area contributed by atoms with Crippen molar-refractivity contribution in [2.75, 3.05) is 7.11 Å². The van der Waals surface area contributed by atoms with Crippen molar-refractivity contribution in [1.82, 2.24) is 0 Å². The minimum atomic E-state index is -0.976. The van der Waals surface area contributed by atoms with Crippen LogP contribution < -0.4 is 0 Å². The standard InChI is InChI=1S/C13H13BrO3/c1-13(9-3-5-10(14)6-4-9)11(15)7-8-12(16-2)17-13/h3-8,12H,1-2H3/t12-,13-/m0/s1. The van der Waals surface area contributed by atoms with Gasteiger partial charge in [0, 0.05) is 11.6 Å². The number of ether oxygens (including phenoxy) is 2. The van der Waals surface area contributed by atoms with Gasteiger partial charge in [-0.3, -0.25) is 4.79 Å². The summed E-state index contributed by atoms with van der Waals surface area (Å²) < 4.78 is 11.8. The van der Waals surface area contributed by atoms with Gasteiger partial charge in [-0.2, -0.15) is 0 Å². The highest BCUT2D eigenvalue weighted by Crippen LogP contribution is 2.32. The quantitative estimate of drug-likeness (QED) is 0.842. The van der Waals surface area contributed by atoms with Gasteiger partial charge in [0.2, 0.25) is 0 Å². The van der Waals surface area contributed by atoms with Crippen LogP contribution in [0.2, 0.25) is 0 Å². The Morgan fingerprint density at radius 3 is 2.59 bits per heavy atom. The predicted molar refractivity (Wildman–Crippen MR) is 67.5 cm³/mol. The second-order valence-corrected chi connectivity index (χ2v) is 4.90. The van der Waals surface area contributed by atoms with Crippen LogP contribution in [0.3, 0.4) is 0 Å². The van der Waals surface area contributed by atoms with Gasteiger partial charge in [-0.05, 0) is 36.8 Å². The molecule has 1 aliphatic rings. The zero-order chi connectivity index (χ0) is 12.5. The van der Waals surface area contributed by atoms with Crippen LogP contribution in [0.1, 0.15) is 12.5 Å². The summed E-state index contributed by atoms with van der Waals surface area (Å²) in [6, 6.07) is 7.51. The maximum Gasteiger partial charge on any atom is 0.191 e. The van der Waals surface area contributed by atoms with E-state index in [9.17, 15) is 4.79 Å². The third-order valence-corrected chi connectivity index (χ3v) is 3.38. The Hall–Kier alpha value is -0.970. The summed E-state index contributed by atoms with van der Waals surface area (Å²) in [6.07, 6.45) is 2.64. The Morgan fingerprint density at radius 2 is 2.00 bits per heavy atom. The van der Waals surface area contributed by atoms with Crippen LogP contribution in [0.25, 0.3) is 0 Å². The van der Waals surface area contributed by atoms with Crippen LogP contribution in [0.15, 0.2) is 40.9 Å². The van der Waals surface area contributed by atoms with Gasteiger partial charge in [-0.15, -0.1) is 0 Å². The van der Waals surface area contributed by atoms with E-state index in [2.05, 4.69) is 15.9 Å². The van der Waals surface area contributed by atoms with Crippen LogP contribution in [0, 0.1) is 0 Å². The van der Waals surface area contributed by atoms with E-state index in [1.54, 1.807) is 20.1 Å². The lowest BCUT2D eigenvalue weighted by atomic mass is 9.89. The third-order valence-electron chi connectivity index (χ3n) is 2.85. The van der Waals surface area contributed by atoms with Crippen molar-refractivity contribution in [1.29, 1.82) is 0 Å². The molecular weight excluding hydrogens is 284 g/mol. The van der Waals surface area contributed by atoms with Gasteiger partial charge in [0.15, 0.2) is 17.7 Å². The lowest BCUT2D eigenvalue weighted by Crippen LogP contribution is -2.41. The number of benzene rings is 1. The highest BCUT2D eigenvalue weighted by Gasteiger charge is 2.39. The molecule has 2 rings (SSSR count). The van der Waals surface area contributed by atoms with Crippen molar-refractivity contribution in [2.45, 2.75) is 18.8 Å². The molecule has 0 radical (unpaired) electrons. The van der Waals surface area contributed by atoms with Gasteiger partial charge >= 0.3 is 0 Å². The number of hydrogen-bond acceptors (Lipinski definition) is 3. The minimum Gasteiger partial charge on any atom is -0.352 e. The Labute approximate surface area is 109 Å². The Bertz CT molecular complexity index is 452. The second kappa shape index (κ2) is 4.72. The molecule has 0 fully saturated rings. The fourth-order valence-corrected chi connectivity index (χ4v) is 2.02. The zero-order valence-electron chi connectivity index (χ0n) is 9.64. The molecule has 0 spiro atoms. The first kappa shape index (κ1) is 12.5. The molecule has 0 saturated heterocycles. The highest BCUT2D eigenvalue weighted by atomic mass is 79.9. The van der Waals surface area contributed by atoms with E-state index in [1.165, 1.54) is 6.08 Å². The maximum absolute atomic E-state index is 12.0. The first-order valence-electron chi connectivity index (χ1n) is 5.25.